The van der Waals surface area contributed by atoms with E-state index in [2.05, 4.69) is 26.2 Å². The average Bonchev–Trinajstić information content (AvgIpc) is 2.79. The van der Waals surface area contributed by atoms with Gasteiger partial charge in [0, 0.05) is 11.4 Å². The van der Waals surface area contributed by atoms with Crippen LogP contribution in [0.2, 0.25) is 0 Å². The molecule has 6 heteroatoms. The Labute approximate surface area is 110 Å². The van der Waals surface area contributed by atoms with Crippen LogP contribution >= 0.6 is 27.3 Å². The number of thiazole rings is 1. The summed E-state index contributed by atoms with van der Waals surface area (Å²) in [6.07, 6.45) is 0. The molecule has 1 aromatic carbocycles. The van der Waals surface area contributed by atoms with Gasteiger partial charge in [0.15, 0.2) is 0 Å². The zero-order chi connectivity index (χ0) is 12.4. The Balaban J connectivity index is 2.22. The molecule has 1 heterocycles. The van der Waals surface area contributed by atoms with Gasteiger partial charge in [-0.15, -0.1) is 11.3 Å². The number of hydrogen-bond acceptors (Lipinski definition) is 3. The van der Waals surface area contributed by atoms with Crippen LogP contribution < -0.4 is 5.32 Å². The molecular formula is C11H9BrF2N2S. The van der Waals surface area contributed by atoms with E-state index in [4.69, 9.17) is 0 Å². The Morgan fingerprint density at radius 2 is 2.12 bits per heavy atom. The standard InChI is InChI=1S/C11H9BrF2N2S/c1-6(11-4-17-5-15-11)16-10-3-8(13)7(12)2-9(10)14/h2-6,16H,1H3. The van der Waals surface area contributed by atoms with Crippen LogP contribution in [0.25, 0.3) is 0 Å². The number of nitrogens with zero attached hydrogens (tertiary/aromatic N) is 1. The molecule has 0 radical (unpaired) electrons. The van der Waals surface area contributed by atoms with Gasteiger partial charge in [-0.3, -0.25) is 0 Å². The summed E-state index contributed by atoms with van der Waals surface area (Å²) in [6.45, 7) is 1.84. The molecule has 2 aromatic rings. The number of nitrogens with one attached hydrogen (secondary N) is 1. The number of halogens is 3. The van der Waals surface area contributed by atoms with Gasteiger partial charge in [-0.25, -0.2) is 13.8 Å². The second-order valence-electron chi connectivity index (χ2n) is 3.53. The lowest BCUT2D eigenvalue weighted by Gasteiger charge is -2.14. The molecular weight excluding hydrogens is 310 g/mol. The van der Waals surface area contributed by atoms with Crippen LogP contribution in [0.4, 0.5) is 14.5 Å². The van der Waals surface area contributed by atoms with Gasteiger partial charge in [-0.2, -0.15) is 0 Å². The molecule has 1 N–H and O–H groups in total. The van der Waals surface area contributed by atoms with E-state index in [1.165, 1.54) is 11.3 Å². The zero-order valence-electron chi connectivity index (χ0n) is 8.88. The first-order valence-corrected chi connectivity index (χ1v) is 6.60. The van der Waals surface area contributed by atoms with Gasteiger partial charge in [-0.05, 0) is 28.9 Å². The lowest BCUT2D eigenvalue weighted by molar-refractivity contribution is 0.594. The van der Waals surface area contributed by atoms with Crippen LogP contribution in [0.15, 0.2) is 27.5 Å². The quantitative estimate of drug-likeness (QED) is 0.851. The Morgan fingerprint density at radius 3 is 2.76 bits per heavy atom. The molecule has 0 spiro atoms. The predicted octanol–water partition coefficient (Wildman–Crippen LogP) is 4.36. The fraction of sp³-hybridized carbons (Fsp3) is 0.182. The highest BCUT2D eigenvalue weighted by atomic mass is 79.9. The van der Waals surface area contributed by atoms with E-state index in [9.17, 15) is 8.78 Å². The molecule has 0 saturated carbocycles. The zero-order valence-corrected chi connectivity index (χ0v) is 11.3. The fourth-order valence-corrected chi connectivity index (χ4v) is 2.34. The van der Waals surface area contributed by atoms with Gasteiger partial charge in [0.1, 0.15) is 11.6 Å². The number of hydrogen-bond donors (Lipinski definition) is 1. The maximum absolute atomic E-state index is 13.6. The summed E-state index contributed by atoms with van der Waals surface area (Å²) >= 11 is 4.39. The maximum atomic E-state index is 13.6. The van der Waals surface area contributed by atoms with Crippen LogP contribution in [-0.4, -0.2) is 4.98 Å². The summed E-state index contributed by atoms with van der Waals surface area (Å²) in [5.41, 5.74) is 2.63. The van der Waals surface area contributed by atoms with Gasteiger partial charge in [-0.1, -0.05) is 0 Å². The highest BCUT2D eigenvalue weighted by molar-refractivity contribution is 9.10. The van der Waals surface area contributed by atoms with E-state index < -0.39 is 11.6 Å². The normalized spacial score (nSPS) is 12.5. The molecule has 1 aromatic heterocycles. The number of anilines is 1. The summed E-state index contributed by atoms with van der Waals surface area (Å²) in [4.78, 5) is 4.11. The van der Waals surface area contributed by atoms with Gasteiger partial charge >= 0.3 is 0 Å². The van der Waals surface area contributed by atoms with Crippen molar-refractivity contribution in [2.45, 2.75) is 13.0 Å². The van der Waals surface area contributed by atoms with Crippen LogP contribution in [0.5, 0.6) is 0 Å². The third-order valence-electron chi connectivity index (χ3n) is 2.28. The first-order valence-electron chi connectivity index (χ1n) is 4.87. The minimum Gasteiger partial charge on any atom is -0.374 e. The molecule has 17 heavy (non-hydrogen) atoms. The molecule has 2 nitrogen and oxygen atoms in total. The number of benzene rings is 1. The van der Waals surface area contributed by atoms with Crippen LogP contribution in [0.1, 0.15) is 18.7 Å². The monoisotopic (exact) mass is 318 g/mol. The third-order valence-corrected chi connectivity index (χ3v) is 3.49. The Hall–Kier alpha value is -1.01. The molecule has 0 aliphatic carbocycles. The van der Waals surface area contributed by atoms with E-state index in [0.29, 0.717) is 0 Å². The van der Waals surface area contributed by atoms with E-state index in [1.807, 2.05) is 12.3 Å². The first-order chi connectivity index (χ1) is 8.08. The Morgan fingerprint density at radius 1 is 1.35 bits per heavy atom. The average molecular weight is 319 g/mol. The van der Waals surface area contributed by atoms with Crippen molar-refractivity contribution in [2.75, 3.05) is 5.32 Å². The van der Waals surface area contributed by atoms with Gasteiger partial charge in [0.2, 0.25) is 0 Å². The second-order valence-corrected chi connectivity index (χ2v) is 5.10. The number of rotatable bonds is 3. The summed E-state index contributed by atoms with van der Waals surface area (Å²) in [5, 5.41) is 4.75. The van der Waals surface area contributed by atoms with Gasteiger partial charge in [0.05, 0.1) is 27.4 Å². The van der Waals surface area contributed by atoms with Crippen LogP contribution in [0.3, 0.4) is 0 Å². The van der Waals surface area contributed by atoms with Crippen LogP contribution in [-0.2, 0) is 0 Å². The minimum atomic E-state index is -0.501. The lowest BCUT2D eigenvalue weighted by atomic mass is 10.2. The molecule has 90 valence electrons. The van der Waals surface area contributed by atoms with E-state index in [0.717, 1.165) is 17.8 Å². The van der Waals surface area contributed by atoms with Crippen molar-refractivity contribution in [3.63, 3.8) is 0 Å². The largest absolute Gasteiger partial charge is 0.374 e. The molecule has 0 bridgehead atoms. The molecule has 0 saturated heterocycles. The maximum Gasteiger partial charge on any atom is 0.147 e. The fourth-order valence-electron chi connectivity index (χ4n) is 1.38. The predicted molar refractivity (Wildman–Crippen MR) is 68.2 cm³/mol. The smallest absolute Gasteiger partial charge is 0.147 e. The van der Waals surface area contributed by atoms with E-state index in [1.54, 1.807) is 5.51 Å². The number of aromatic nitrogens is 1. The van der Waals surface area contributed by atoms with Gasteiger partial charge < -0.3 is 5.32 Å². The van der Waals surface area contributed by atoms with Crippen LogP contribution in [0, 0.1) is 11.6 Å². The third kappa shape index (κ3) is 2.81. The molecule has 1 atom stereocenters. The molecule has 0 fully saturated rings. The van der Waals surface area contributed by atoms with Crippen molar-refractivity contribution >= 4 is 33.0 Å². The summed E-state index contributed by atoms with van der Waals surface area (Å²) in [5.74, 6) is -1.00. The minimum absolute atomic E-state index is 0.113. The van der Waals surface area contributed by atoms with Crippen molar-refractivity contribution in [1.82, 2.24) is 4.98 Å². The molecule has 2 rings (SSSR count). The highest BCUT2D eigenvalue weighted by Crippen LogP contribution is 2.26. The first kappa shape index (κ1) is 12.4. The van der Waals surface area contributed by atoms with Gasteiger partial charge in [0.25, 0.3) is 0 Å². The highest BCUT2D eigenvalue weighted by Gasteiger charge is 2.12. The van der Waals surface area contributed by atoms with Crippen molar-refractivity contribution in [3.05, 3.63) is 44.8 Å². The second kappa shape index (κ2) is 5.10. The van der Waals surface area contributed by atoms with E-state index >= 15 is 0 Å². The molecule has 0 aliphatic rings. The summed E-state index contributed by atoms with van der Waals surface area (Å²) in [6, 6.07) is 2.06. The molecule has 0 aliphatic heterocycles. The molecule has 0 amide bonds. The Kier molecular flexibility index (Phi) is 3.73. The molecule has 1 unspecified atom stereocenters. The van der Waals surface area contributed by atoms with E-state index in [-0.39, 0.29) is 16.2 Å². The summed E-state index contributed by atoms with van der Waals surface area (Å²) < 4.78 is 27.0. The summed E-state index contributed by atoms with van der Waals surface area (Å²) in [7, 11) is 0. The van der Waals surface area contributed by atoms with Crippen molar-refractivity contribution in [2.24, 2.45) is 0 Å². The van der Waals surface area contributed by atoms with Crippen molar-refractivity contribution in [1.29, 1.82) is 0 Å². The SMILES string of the molecule is CC(Nc1cc(F)c(Br)cc1F)c1cscn1. The Bertz CT molecular complexity index is 516. The van der Waals surface area contributed by atoms with Crippen molar-refractivity contribution < 1.29 is 8.78 Å². The van der Waals surface area contributed by atoms with Crippen molar-refractivity contribution in [3.8, 4) is 0 Å². The topological polar surface area (TPSA) is 24.9 Å². The lowest BCUT2D eigenvalue weighted by Crippen LogP contribution is -2.08.